The predicted molar refractivity (Wildman–Crippen MR) is 35.5 cm³/mol. The van der Waals surface area contributed by atoms with Gasteiger partial charge in [-0.3, -0.25) is 4.57 Å². The van der Waals surface area contributed by atoms with Crippen LogP contribution >= 0.6 is 28.6 Å². The van der Waals surface area contributed by atoms with E-state index >= 15 is 0 Å². The highest BCUT2D eigenvalue weighted by Gasteiger charge is 2.12. The Morgan fingerprint density at radius 1 is 1.67 bits per heavy atom. The maximum absolute atomic E-state index is 10.3. The predicted octanol–water partition coefficient (Wildman–Crippen LogP) is 2.50. The summed E-state index contributed by atoms with van der Waals surface area (Å²) in [5.74, 6) is 0. The van der Waals surface area contributed by atoms with E-state index in [9.17, 15) is 4.57 Å². The Kier molecular flexibility index (Phi) is 4.26. The molecule has 0 fully saturated rings. The number of nitriles is 1. The number of hydrogen-bond acceptors (Lipinski definition) is 3. The maximum atomic E-state index is 10.3. The third-order valence-corrected chi connectivity index (χ3v) is 1.52. The van der Waals surface area contributed by atoms with Crippen LogP contribution in [-0.4, -0.2) is 6.61 Å². The van der Waals surface area contributed by atoms with Crippen LogP contribution in [0.5, 0.6) is 0 Å². The molecule has 0 aliphatic heterocycles. The van der Waals surface area contributed by atoms with Gasteiger partial charge in [0, 0.05) is 0 Å². The third-order valence-electron chi connectivity index (χ3n) is 0.455. The van der Waals surface area contributed by atoms with Gasteiger partial charge in [0.25, 0.3) is 0 Å². The fourth-order valence-corrected chi connectivity index (χ4v) is 0.915. The fourth-order valence-electron chi connectivity index (χ4n) is 0.198. The monoisotopic (exact) mass is 187 g/mol. The maximum Gasteiger partial charge on any atom is 0.380 e. The molecule has 0 rings (SSSR count). The van der Waals surface area contributed by atoms with E-state index in [1.807, 2.05) is 0 Å². The van der Waals surface area contributed by atoms with Crippen molar-refractivity contribution < 1.29 is 9.09 Å². The minimum absolute atomic E-state index is 0.0147. The molecular weight excluding hydrogens is 184 g/mol. The van der Waals surface area contributed by atoms with E-state index in [0.29, 0.717) is 0 Å². The van der Waals surface area contributed by atoms with E-state index in [0.717, 1.165) is 0 Å². The molecule has 9 heavy (non-hydrogen) atoms. The number of hydrogen-bond donors (Lipinski definition) is 0. The van der Waals surface area contributed by atoms with Gasteiger partial charge < -0.3 is 4.52 Å². The van der Waals surface area contributed by atoms with Gasteiger partial charge in [-0.1, -0.05) is 0 Å². The molecule has 0 N–H and O–H groups in total. The smallest absolute Gasteiger partial charge is 0.305 e. The van der Waals surface area contributed by atoms with E-state index in [1.54, 1.807) is 6.07 Å². The summed E-state index contributed by atoms with van der Waals surface area (Å²) in [5.41, 5.74) is 0. The lowest BCUT2D eigenvalue weighted by molar-refractivity contribution is 0.342. The van der Waals surface area contributed by atoms with Crippen molar-refractivity contribution in [2.75, 3.05) is 6.61 Å². The average molecular weight is 188 g/mol. The summed E-state index contributed by atoms with van der Waals surface area (Å²) in [6, 6.07) is 1.78. The van der Waals surface area contributed by atoms with E-state index in [1.165, 1.54) is 0 Å². The first-order valence-electron chi connectivity index (χ1n) is 2.07. The summed E-state index contributed by atoms with van der Waals surface area (Å²) < 4.78 is 14.6. The molecule has 52 valence electrons. The van der Waals surface area contributed by atoms with Crippen molar-refractivity contribution in [1.82, 2.24) is 0 Å². The van der Waals surface area contributed by atoms with Crippen LogP contribution in [0, 0.1) is 11.3 Å². The van der Waals surface area contributed by atoms with Crippen molar-refractivity contribution in [1.29, 1.82) is 5.26 Å². The zero-order valence-electron chi connectivity index (χ0n) is 4.38. The lowest BCUT2D eigenvalue weighted by Gasteiger charge is -1.98. The van der Waals surface area contributed by atoms with Crippen LogP contribution < -0.4 is 0 Å². The van der Waals surface area contributed by atoms with Crippen molar-refractivity contribution in [3.8, 4) is 6.07 Å². The van der Waals surface area contributed by atoms with E-state index in [4.69, 9.17) is 27.7 Å². The van der Waals surface area contributed by atoms with Crippen LogP contribution in [0.1, 0.15) is 6.42 Å². The van der Waals surface area contributed by atoms with Crippen molar-refractivity contribution >= 4 is 28.6 Å². The standard InChI is InChI=1S/C3H4Cl2NO2P/c4-9(5,7)8-3-1-2-6/h1,3H2. The summed E-state index contributed by atoms with van der Waals surface area (Å²) in [4.78, 5) is 0. The van der Waals surface area contributed by atoms with Crippen molar-refractivity contribution in [2.24, 2.45) is 0 Å². The second-order valence-corrected chi connectivity index (χ2v) is 5.43. The first-order chi connectivity index (χ1) is 4.06. The van der Waals surface area contributed by atoms with Gasteiger partial charge in [0.05, 0.1) is 19.1 Å². The molecule has 3 nitrogen and oxygen atoms in total. The summed E-state index contributed by atoms with van der Waals surface area (Å²) in [7, 11) is 0. The molecule has 0 aromatic rings. The van der Waals surface area contributed by atoms with Crippen LogP contribution in [0.4, 0.5) is 0 Å². The molecule has 6 heteroatoms. The second kappa shape index (κ2) is 4.14. The Bertz CT molecular complexity index is 160. The second-order valence-electron chi connectivity index (χ2n) is 1.16. The van der Waals surface area contributed by atoms with Gasteiger partial charge in [0.1, 0.15) is 0 Å². The van der Waals surface area contributed by atoms with Gasteiger partial charge >= 0.3 is 6.07 Å². The van der Waals surface area contributed by atoms with Gasteiger partial charge in [0.2, 0.25) is 0 Å². The molecule has 0 heterocycles. The zero-order chi connectivity index (χ0) is 7.33. The zero-order valence-corrected chi connectivity index (χ0v) is 6.79. The topological polar surface area (TPSA) is 50.1 Å². The van der Waals surface area contributed by atoms with Crippen LogP contribution in [-0.2, 0) is 9.09 Å². The molecule has 0 unspecified atom stereocenters. The summed E-state index contributed by atoms with van der Waals surface area (Å²) in [6.07, 6.45) is -3.26. The van der Waals surface area contributed by atoms with Crippen LogP contribution in [0.2, 0.25) is 0 Å². The molecule has 0 bridgehead atoms. The highest BCUT2D eigenvalue weighted by Crippen LogP contribution is 2.57. The van der Waals surface area contributed by atoms with Crippen LogP contribution in [0.25, 0.3) is 0 Å². The molecule has 0 spiro atoms. The fraction of sp³-hybridized carbons (Fsp3) is 0.667. The van der Waals surface area contributed by atoms with Gasteiger partial charge in [-0.15, -0.1) is 0 Å². The minimum Gasteiger partial charge on any atom is -0.305 e. The van der Waals surface area contributed by atoms with E-state index in [2.05, 4.69) is 4.52 Å². The molecule has 0 aromatic heterocycles. The SMILES string of the molecule is N#CCCOP(=O)(Cl)Cl. The van der Waals surface area contributed by atoms with Gasteiger partial charge in [-0.25, -0.2) is 0 Å². The lowest BCUT2D eigenvalue weighted by Crippen LogP contribution is -1.82. The molecular formula is C3H4Cl2NO2P. The van der Waals surface area contributed by atoms with Crippen LogP contribution in [0.15, 0.2) is 0 Å². The quantitative estimate of drug-likeness (QED) is 0.504. The summed E-state index contributed by atoms with van der Waals surface area (Å²) in [5, 5.41) is 7.96. The normalized spacial score (nSPS) is 10.8. The average Bonchev–Trinajstić information content (AvgIpc) is 1.63. The van der Waals surface area contributed by atoms with Gasteiger partial charge in [-0.05, 0) is 22.5 Å². The molecule has 0 radical (unpaired) electrons. The Morgan fingerprint density at radius 2 is 2.22 bits per heavy atom. The molecule has 0 saturated heterocycles. The third kappa shape index (κ3) is 8.26. The highest BCUT2D eigenvalue weighted by atomic mass is 35.9. The highest BCUT2D eigenvalue weighted by molar-refractivity contribution is 8.05. The Labute approximate surface area is 62.5 Å². The number of rotatable bonds is 3. The minimum atomic E-state index is -3.40. The van der Waals surface area contributed by atoms with Crippen LogP contribution in [0.3, 0.4) is 0 Å². The van der Waals surface area contributed by atoms with Crippen molar-refractivity contribution in [3.05, 3.63) is 0 Å². The molecule has 0 aliphatic rings. The molecule has 0 atom stereocenters. The van der Waals surface area contributed by atoms with E-state index in [-0.39, 0.29) is 13.0 Å². The summed E-state index contributed by atoms with van der Waals surface area (Å²) in [6.45, 7) is 0.0147. The summed E-state index contributed by atoms with van der Waals surface area (Å²) >= 11 is 9.92. The molecule has 0 aromatic carbocycles. The number of halogens is 2. The first kappa shape index (κ1) is 9.26. The Hall–Kier alpha value is 0.260. The Balaban J connectivity index is 3.32. The van der Waals surface area contributed by atoms with Crippen molar-refractivity contribution in [3.63, 3.8) is 0 Å². The number of nitrogens with zero attached hydrogens (tertiary/aromatic N) is 1. The van der Waals surface area contributed by atoms with Gasteiger partial charge in [0.15, 0.2) is 0 Å². The largest absolute Gasteiger partial charge is 0.380 e. The lowest BCUT2D eigenvalue weighted by atomic mass is 10.5. The molecule has 0 aliphatic carbocycles. The first-order valence-corrected chi connectivity index (χ1v) is 5.50. The van der Waals surface area contributed by atoms with E-state index < -0.39 is 6.07 Å². The Morgan fingerprint density at radius 3 is 2.56 bits per heavy atom. The molecule has 0 amide bonds. The van der Waals surface area contributed by atoms with Gasteiger partial charge in [-0.2, -0.15) is 5.26 Å². The molecule has 0 saturated carbocycles. The van der Waals surface area contributed by atoms with Crippen molar-refractivity contribution in [2.45, 2.75) is 6.42 Å².